The molecule has 2 heterocycles. The molecule has 1 aliphatic rings. The average Bonchev–Trinajstić information content (AvgIpc) is 2.99. The van der Waals surface area contributed by atoms with Crippen LogP contribution in [0, 0.1) is 10.1 Å². The lowest BCUT2D eigenvalue weighted by Crippen LogP contribution is -2.39. The topological polar surface area (TPSA) is 82.7 Å². The molecule has 0 spiro atoms. The first-order valence-corrected chi connectivity index (χ1v) is 9.34. The molecule has 0 saturated carbocycles. The second-order valence-electron chi connectivity index (χ2n) is 6.05. The van der Waals surface area contributed by atoms with E-state index >= 15 is 0 Å². The van der Waals surface area contributed by atoms with E-state index < -0.39 is 4.92 Å². The Morgan fingerprint density at radius 3 is 2.62 bits per heavy atom. The van der Waals surface area contributed by atoms with Gasteiger partial charge in [0.2, 0.25) is 0 Å². The molecule has 0 radical (unpaired) electrons. The predicted octanol–water partition coefficient (Wildman–Crippen LogP) is 3.45. The van der Waals surface area contributed by atoms with Crippen LogP contribution in [-0.4, -0.2) is 45.4 Å². The van der Waals surface area contributed by atoms with E-state index in [0.717, 1.165) is 37.4 Å². The van der Waals surface area contributed by atoms with Crippen LogP contribution in [0.3, 0.4) is 0 Å². The van der Waals surface area contributed by atoms with Crippen molar-refractivity contribution in [1.82, 2.24) is 14.7 Å². The van der Waals surface area contributed by atoms with Crippen molar-refractivity contribution in [2.45, 2.75) is 32.5 Å². The normalized spacial score (nSPS) is 15.8. The van der Waals surface area contributed by atoms with Gasteiger partial charge in [0.05, 0.1) is 17.9 Å². The molecule has 0 unspecified atom stereocenters. The van der Waals surface area contributed by atoms with Gasteiger partial charge < -0.3 is 19.6 Å². The summed E-state index contributed by atoms with van der Waals surface area (Å²) in [6.45, 7) is 4.76. The molecule has 0 amide bonds. The number of nitro groups is 1. The summed E-state index contributed by atoms with van der Waals surface area (Å²) >= 11 is 3.17. The number of likely N-dealkylation sites (tertiary alicyclic amines) is 1. The number of hydrogen-bond acceptors (Lipinski definition) is 6. The second kappa shape index (κ2) is 8.50. The Morgan fingerprint density at radius 1 is 1.31 bits per heavy atom. The molecule has 0 bridgehead atoms. The molecule has 3 rings (SSSR count). The van der Waals surface area contributed by atoms with Crippen molar-refractivity contribution in [1.29, 1.82) is 0 Å². The average molecular weight is 425 g/mol. The molecule has 140 valence electrons. The fraction of sp³-hybridized carbons (Fsp3) is 0.471. The smallest absolute Gasteiger partial charge is 0.404 e. The number of aromatic nitrogens is 2. The predicted molar refractivity (Wildman–Crippen MR) is 99.4 cm³/mol. The summed E-state index contributed by atoms with van der Waals surface area (Å²) < 4.78 is 13.7. The molecule has 1 aliphatic heterocycles. The van der Waals surface area contributed by atoms with Gasteiger partial charge in [-0.05, 0) is 52.8 Å². The lowest BCUT2D eigenvalue weighted by Gasteiger charge is -2.31. The third kappa shape index (κ3) is 4.53. The fourth-order valence-electron chi connectivity index (χ4n) is 2.96. The molecule has 1 aromatic carbocycles. The standard InChI is InChI=1S/C17H21BrN4O4/c1-2-25-15-5-3-4-6-16(15)26-13-7-9-20(10-8-13)12-21-11-14(18)17(19-21)22(23)24/h3-6,11,13H,2,7-10,12H2,1H3. The van der Waals surface area contributed by atoms with Gasteiger partial charge in [-0.1, -0.05) is 12.1 Å². The van der Waals surface area contributed by atoms with E-state index in [2.05, 4.69) is 25.9 Å². The third-order valence-corrected chi connectivity index (χ3v) is 4.75. The number of hydrogen-bond donors (Lipinski definition) is 0. The molecular formula is C17H21BrN4O4. The van der Waals surface area contributed by atoms with Gasteiger partial charge in [-0.3, -0.25) is 4.90 Å². The van der Waals surface area contributed by atoms with Crippen LogP contribution in [0.4, 0.5) is 5.82 Å². The van der Waals surface area contributed by atoms with E-state index in [4.69, 9.17) is 9.47 Å². The van der Waals surface area contributed by atoms with Crippen LogP contribution in [0.5, 0.6) is 11.5 Å². The van der Waals surface area contributed by atoms with E-state index in [0.29, 0.717) is 17.7 Å². The van der Waals surface area contributed by atoms with Crippen LogP contribution in [0.25, 0.3) is 0 Å². The van der Waals surface area contributed by atoms with Gasteiger partial charge in [-0.15, -0.1) is 0 Å². The van der Waals surface area contributed by atoms with Gasteiger partial charge in [0.15, 0.2) is 11.5 Å². The largest absolute Gasteiger partial charge is 0.490 e. The molecule has 1 saturated heterocycles. The van der Waals surface area contributed by atoms with E-state index in [1.807, 2.05) is 31.2 Å². The zero-order valence-electron chi connectivity index (χ0n) is 14.5. The number of nitrogens with zero attached hydrogens (tertiary/aromatic N) is 4. The first kappa shape index (κ1) is 18.7. The molecule has 8 nitrogen and oxygen atoms in total. The van der Waals surface area contributed by atoms with Gasteiger partial charge in [0, 0.05) is 13.1 Å². The van der Waals surface area contributed by atoms with Crippen LogP contribution < -0.4 is 9.47 Å². The van der Waals surface area contributed by atoms with Crippen molar-refractivity contribution in [2.24, 2.45) is 0 Å². The van der Waals surface area contributed by atoms with E-state index in [1.54, 1.807) is 10.9 Å². The first-order valence-electron chi connectivity index (χ1n) is 8.55. The summed E-state index contributed by atoms with van der Waals surface area (Å²) in [7, 11) is 0. The Balaban J connectivity index is 1.53. The fourth-order valence-corrected chi connectivity index (χ4v) is 3.42. The van der Waals surface area contributed by atoms with Gasteiger partial charge in [-0.25, -0.2) is 0 Å². The van der Waals surface area contributed by atoms with Crippen LogP contribution in [0.2, 0.25) is 0 Å². The number of piperidine rings is 1. The Labute approximate surface area is 160 Å². The van der Waals surface area contributed by atoms with Crippen molar-refractivity contribution in [2.75, 3.05) is 19.7 Å². The summed E-state index contributed by atoms with van der Waals surface area (Å²) in [5, 5.41) is 14.9. The molecule has 1 fully saturated rings. The third-order valence-electron chi connectivity index (χ3n) is 4.19. The van der Waals surface area contributed by atoms with Crippen molar-refractivity contribution < 1.29 is 14.4 Å². The Hall–Kier alpha value is -2.13. The number of ether oxygens (including phenoxy) is 2. The van der Waals surface area contributed by atoms with Crippen molar-refractivity contribution >= 4 is 21.7 Å². The summed E-state index contributed by atoms with van der Waals surface area (Å²) in [4.78, 5) is 12.6. The molecule has 2 aromatic rings. The van der Waals surface area contributed by atoms with Gasteiger partial charge >= 0.3 is 5.82 Å². The van der Waals surface area contributed by atoms with Crippen LogP contribution in [-0.2, 0) is 6.67 Å². The zero-order chi connectivity index (χ0) is 18.5. The maximum atomic E-state index is 10.9. The van der Waals surface area contributed by atoms with Gasteiger partial charge in [0.1, 0.15) is 17.2 Å². The molecule has 0 atom stereocenters. The highest BCUT2D eigenvalue weighted by molar-refractivity contribution is 9.10. The molecule has 9 heteroatoms. The monoisotopic (exact) mass is 424 g/mol. The molecule has 0 N–H and O–H groups in total. The molecule has 0 aliphatic carbocycles. The number of rotatable bonds is 7. The molecular weight excluding hydrogens is 404 g/mol. The number of benzene rings is 1. The Kier molecular flexibility index (Phi) is 6.10. The summed E-state index contributed by atoms with van der Waals surface area (Å²) in [5.74, 6) is 1.39. The minimum Gasteiger partial charge on any atom is -0.490 e. The zero-order valence-corrected chi connectivity index (χ0v) is 16.1. The summed E-state index contributed by atoms with van der Waals surface area (Å²) in [6.07, 6.45) is 3.53. The lowest BCUT2D eigenvalue weighted by molar-refractivity contribution is -0.390. The van der Waals surface area contributed by atoms with Crippen LogP contribution in [0.1, 0.15) is 19.8 Å². The summed E-state index contributed by atoms with van der Waals surface area (Å²) in [6, 6.07) is 7.71. The Morgan fingerprint density at radius 2 is 2.00 bits per heavy atom. The first-order chi connectivity index (χ1) is 12.6. The quantitative estimate of drug-likeness (QED) is 0.499. The van der Waals surface area contributed by atoms with Crippen molar-refractivity contribution in [3.63, 3.8) is 0 Å². The maximum Gasteiger partial charge on any atom is 0.404 e. The minimum atomic E-state index is -0.490. The van der Waals surface area contributed by atoms with E-state index in [9.17, 15) is 10.1 Å². The number of halogens is 1. The van der Waals surface area contributed by atoms with Crippen molar-refractivity contribution in [3.8, 4) is 11.5 Å². The minimum absolute atomic E-state index is 0.131. The van der Waals surface area contributed by atoms with Crippen LogP contribution in [0.15, 0.2) is 34.9 Å². The highest BCUT2D eigenvalue weighted by Gasteiger charge is 2.24. The highest BCUT2D eigenvalue weighted by Crippen LogP contribution is 2.29. The van der Waals surface area contributed by atoms with Gasteiger partial charge in [-0.2, -0.15) is 4.68 Å². The molecule has 1 aromatic heterocycles. The van der Waals surface area contributed by atoms with Crippen LogP contribution >= 0.6 is 15.9 Å². The number of para-hydroxylation sites is 2. The van der Waals surface area contributed by atoms with Crippen molar-refractivity contribution in [3.05, 3.63) is 45.0 Å². The summed E-state index contributed by atoms with van der Waals surface area (Å²) in [5.41, 5.74) is 0. The van der Waals surface area contributed by atoms with Gasteiger partial charge in [0.25, 0.3) is 0 Å². The van der Waals surface area contributed by atoms with E-state index in [1.165, 1.54) is 0 Å². The SMILES string of the molecule is CCOc1ccccc1OC1CCN(Cn2cc(Br)c([N+](=O)[O-])n2)CC1. The van der Waals surface area contributed by atoms with E-state index in [-0.39, 0.29) is 11.9 Å². The maximum absolute atomic E-state index is 10.9. The highest BCUT2D eigenvalue weighted by atomic mass is 79.9. The Bertz CT molecular complexity index is 759. The second-order valence-corrected chi connectivity index (χ2v) is 6.91. The lowest BCUT2D eigenvalue weighted by atomic mass is 10.1. The molecule has 26 heavy (non-hydrogen) atoms.